The highest BCUT2D eigenvalue weighted by Crippen LogP contribution is 2.32. The fourth-order valence-electron chi connectivity index (χ4n) is 2.76. The molecule has 2 fully saturated rings. The molecular formula is C13H24N2O2. The van der Waals surface area contributed by atoms with Crippen molar-refractivity contribution in [3.8, 4) is 0 Å². The zero-order valence-electron chi connectivity index (χ0n) is 10.9. The van der Waals surface area contributed by atoms with Gasteiger partial charge in [-0.05, 0) is 46.0 Å². The zero-order chi connectivity index (χ0) is 12.5. The summed E-state index contributed by atoms with van der Waals surface area (Å²) >= 11 is 0. The van der Waals surface area contributed by atoms with Gasteiger partial charge >= 0.3 is 0 Å². The van der Waals surface area contributed by atoms with Crippen molar-refractivity contribution < 1.29 is 9.53 Å². The van der Waals surface area contributed by atoms with Gasteiger partial charge < -0.3 is 15.8 Å². The molecule has 2 aliphatic rings. The third-order valence-corrected chi connectivity index (χ3v) is 3.92. The number of amides is 1. The Morgan fingerprint density at radius 3 is 2.71 bits per heavy atom. The van der Waals surface area contributed by atoms with Crippen LogP contribution in [0.25, 0.3) is 0 Å². The van der Waals surface area contributed by atoms with E-state index in [9.17, 15) is 4.79 Å². The maximum absolute atomic E-state index is 11.9. The summed E-state index contributed by atoms with van der Waals surface area (Å²) in [4.78, 5) is 11.9. The molecule has 1 unspecified atom stereocenters. The smallest absolute Gasteiger partial charge is 0.222 e. The van der Waals surface area contributed by atoms with E-state index in [1.807, 2.05) is 0 Å². The van der Waals surface area contributed by atoms with Crippen LogP contribution in [0.2, 0.25) is 0 Å². The molecule has 0 aromatic carbocycles. The van der Waals surface area contributed by atoms with Gasteiger partial charge in [0.05, 0.1) is 5.60 Å². The van der Waals surface area contributed by atoms with E-state index in [0.29, 0.717) is 6.42 Å². The molecule has 1 saturated heterocycles. The first-order valence-electron chi connectivity index (χ1n) is 6.61. The van der Waals surface area contributed by atoms with Gasteiger partial charge in [0, 0.05) is 24.6 Å². The Kier molecular flexibility index (Phi) is 3.46. The Morgan fingerprint density at radius 1 is 1.47 bits per heavy atom. The summed E-state index contributed by atoms with van der Waals surface area (Å²) in [7, 11) is 0. The second-order valence-electron chi connectivity index (χ2n) is 6.26. The maximum Gasteiger partial charge on any atom is 0.222 e. The number of hydrogen-bond acceptors (Lipinski definition) is 3. The first-order chi connectivity index (χ1) is 7.89. The monoisotopic (exact) mass is 240 g/mol. The van der Waals surface area contributed by atoms with Crippen LogP contribution >= 0.6 is 0 Å². The molecule has 1 amide bonds. The van der Waals surface area contributed by atoms with Crippen LogP contribution in [0.4, 0.5) is 0 Å². The molecule has 17 heavy (non-hydrogen) atoms. The molecule has 0 aromatic rings. The Bertz CT molecular complexity index is 298. The summed E-state index contributed by atoms with van der Waals surface area (Å²) in [5.74, 6) is 0.106. The van der Waals surface area contributed by atoms with Gasteiger partial charge in [-0.3, -0.25) is 4.79 Å². The van der Waals surface area contributed by atoms with Crippen LogP contribution in [0.1, 0.15) is 52.4 Å². The Morgan fingerprint density at radius 2 is 2.18 bits per heavy atom. The minimum absolute atomic E-state index is 0.106. The molecule has 0 bridgehead atoms. The highest BCUT2D eigenvalue weighted by Gasteiger charge is 2.36. The Labute approximate surface area is 103 Å². The molecular weight excluding hydrogens is 216 g/mol. The summed E-state index contributed by atoms with van der Waals surface area (Å²) in [5, 5.41) is 3.10. The molecule has 0 radical (unpaired) electrons. The van der Waals surface area contributed by atoms with Crippen LogP contribution in [0.5, 0.6) is 0 Å². The van der Waals surface area contributed by atoms with Crippen molar-refractivity contribution in [1.29, 1.82) is 0 Å². The lowest BCUT2D eigenvalue weighted by Crippen LogP contribution is -2.52. The average Bonchev–Trinajstić information content (AvgIpc) is 2.13. The van der Waals surface area contributed by atoms with Gasteiger partial charge in [-0.2, -0.15) is 0 Å². The van der Waals surface area contributed by atoms with Crippen LogP contribution < -0.4 is 11.1 Å². The summed E-state index contributed by atoms with van der Waals surface area (Å²) in [6.07, 6.45) is 5.40. The van der Waals surface area contributed by atoms with Crippen molar-refractivity contribution in [2.24, 2.45) is 5.73 Å². The average molecular weight is 240 g/mol. The van der Waals surface area contributed by atoms with E-state index >= 15 is 0 Å². The Balaban J connectivity index is 1.78. The van der Waals surface area contributed by atoms with Gasteiger partial charge in [0.2, 0.25) is 5.91 Å². The summed E-state index contributed by atoms with van der Waals surface area (Å²) in [5.41, 5.74) is 5.74. The highest BCUT2D eigenvalue weighted by molar-refractivity contribution is 5.77. The van der Waals surface area contributed by atoms with Crippen molar-refractivity contribution in [2.75, 3.05) is 6.61 Å². The zero-order valence-corrected chi connectivity index (χ0v) is 10.9. The van der Waals surface area contributed by atoms with Gasteiger partial charge in [0.25, 0.3) is 0 Å². The first-order valence-corrected chi connectivity index (χ1v) is 6.61. The second kappa shape index (κ2) is 4.58. The van der Waals surface area contributed by atoms with Crippen molar-refractivity contribution in [1.82, 2.24) is 5.32 Å². The van der Waals surface area contributed by atoms with Crippen LogP contribution in [0.3, 0.4) is 0 Å². The quantitative estimate of drug-likeness (QED) is 0.782. The molecule has 0 aromatic heterocycles. The third kappa shape index (κ3) is 3.42. The van der Waals surface area contributed by atoms with E-state index in [1.165, 1.54) is 0 Å². The molecule has 1 atom stereocenters. The second-order valence-corrected chi connectivity index (χ2v) is 6.26. The van der Waals surface area contributed by atoms with Crippen LogP contribution in [-0.2, 0) is 9.53 Å². The molecule has 1 aliphatic carbocycles. The lowest BCUT2D eigenvalue weighted by atomic mass is 9.75. The first kappa shape index (κ1) is 12.8. The number of carbonyl (C=O) groups is 1. The highest BCUT2D eigenvalue weighted by atomic mass is 16.5. The van der Waals surface area contributed by atoms with Crippen molar-refractivity contribution in [2.45, 2.75) is 69.6 Å². The molecule has 98 valence electrons. The van der Waals surface area contributed by atoms with Crippen LogP contribution in [-0.4, -0.2) is 29.7 Å². The number of ether oxygens (including phenoxy) is 1. The van der Waals surface area contributed by atoms with Crippen LogP contribution in [0, 0.1) is 0 Å². The standard InChI is InChI=1S/C13H24N2O2/c1-12(2)8-10(4-7-17-12)15-11(16)9-13(14)5-3-6-13/h10H,3-9,14H2,1-2H3,(H,15,16). The molecule has 2 rings (SSSR count). The molecule has 0 spiro atoms. The molecule has 3 N–H and O–H groups in total. The predicted octanol–water partition coefficient (Wildman–Crippen LogP) is 1.33. The van der Waals surface area contributed by atoms with Crippen molar-refractivity contribution in [3.63, 3.8) is 0 Å². The summed E-state index contributed by atoms with van der Waals surface area (Å²) in [6.45, 7) is 4.87. The predicted molar refractivity (Wildman–Crippen MR) is 66.6 cm³/mol. The van der Waals surface area contributed by atoms with Crippen molar-refractivity contribution in [3.05, 3.63) is 0 Å². The van der Waals surface area contributed by atoms with E-state index < -0.39 is 0 Å². The van der Waals surface area contributed by atoms with Gasteiger partial charge in [-0.1, -0.05) is 0 Å². The van der Waals surface area contributed by atoms with E-state index in [2.05, 4.69) is 19.2 Å². The number of rotatable bonds is 3. The van der Waals surface area contributed by atoms with E-state index in [0.717, 1.165) is 38.7 Å². The van der Waals surface area contributed by atoms with E-state index in [-0.39, 0.29) is 23.1 Å². The summed E-state index contributed by atoms with van der Waals surface area (Å²) in [6, 6.07) is 0.245. The lowest BCUT2D eigenvalue weighted by molar-refractivity contribution is -0.126. The number of hydrogen-bond donors (Lipinski definition) is 2. The fourth-order valence-corrected chi connectivity index (χ4v) is 2.76. The van der Waals surface area contributed by atoms with Crippen molar-refractivity contribution >= 4 is 5.91 Å². The fraction of sp³-hybridized carbons (Fsp3) is 0.923. The van der Waals surface area contributed by atoms with E-state index in [4.69, 9.17) is 10.5 Å². The normalized spacial score (nSPS) is 30.4. The maximum atomic E-state index is 11.9. The summed E-state index contributed by atoms with van der Waals surface area (Å²) < 4.78 is 5.63. The van der Waals surface area contributed by atoms with Gasteiger partial charge in [0.1, 0.15) is 0 Å². The SMILES string of the molecule is CC1(C)CC(NC(=O)CC2(N)CCC2)CCO1. The molecule has 1 heterocycles. The van der Waals surface area contributed by atoms with Gasteiger partial charge in [-0.25, -0.2) is 0 Å². The van der Waals surface area contributed by atoms with Crippen LogP contribution in [0.15, 0.2) is 0 Å². The third-order valence-electron chi connectivity index (χ3n) is 3.92. The molecule has 4 nitrogen and oxygen atoms in total. The topological polar surface area (TPSA) is 64.4 Å². The molecule has 1 saturated carbocycles. The number of nitrogens with one attached hydrogen (secondary N) is 1. The Hall–Kier alpha value is -0.610. The molecule has 4 heteroatoms. The van der Waals surface area contributed by atoms with E-state index in [1.54, 1.807) is 0 Å². The number of carbonyl (C=O) groups excluding carboxylic acids is 1. The number of nitrogens with two attached hydrogens (primary N) is 1. The largest absolute Gasteiger partial charge is 0.375 e. The minimum Gasteiger partial charge on any atom is -0.375 e. The lowest BCUT2D eigenvalue weighted by Gasteiger charge is -2.39. The molecule has 1 aliphatic heterocycles. The van der Waals surface area contributed by atoms with Gasteiger partial charge in [-0.15, -0.1) is 0 Å². The van der Waals surface area contributed by atoms with Gasteiger partial charge in [0.15, 0.2) is 0 Å². The minimum atomic E-state index is -0.217.